The highest BCUT2D eigenvalue weighted by atomic mass is 19.1. The lowest BCUT2D eigenvalue weighted by molar-refractivity contribution is 0.204. The van der Waals surface area contributed by atoms with Gasteiger partial charge in [-0.1, -0.05) is 39.2 Å². The number of benzene rings is 1. The average Bonchev–Trinajstić information content (AvgIpc) is 2.50. The highest BCUT2D eigenvalue weighted by Crippen LogP contribution is 2.39. The van der Waals surface area contributed by atoms with Crippen LogP contribution in [0.1, 0.15) is 64.0 Å². The van der Waals surface area contributed by atoms with Crippen molar-refractivity contribution in [3.05, 3.63) is 35.4 Å². The van der Waals surface area contributed by atoms with Crippen molar-refractivity contribution in [1.29, 1.82) is 0 Å². The maximum atomic E-state index is 14.2. The molecular weight excluding hydrogens is 268 g/mol. The maximum Gasteiger partial charge on any atom is 0.130 e. The van der Waals surface area contributed by atoms with Gasteiger partial charge >= 0.3 is 0 Å². The second-order valence-corrected chi connectivity index (χ2v) is 6.27. The lowest BCUT2D eigenvalue weighted by Gasteiger charge is -2.35. The van der Waals surface area contributed by atoms with Gasteiger partial charge in [0.2, 0.25) is 0 Å². The zero-order valence-electron chi connectivity index (χ0n) is 13.2. The Kier molecular flexibility index (Phi) is 6.16. The zero-order valence-corrected chi connectivity index (χ0v) is 13.2. The summed E-state index contributed by atoms with van der Waals surface area (Å²) in [5.74, 6) is 0.204. The van der Waals surface area contributed by atoms with Crippen LogP contribution in [-0.4, -0.2) is 6.54 Å². The molecule has 0 radical (unpaired) electrons. The second kappa shape index (κ2) is 7.88. The average molecular weight is 295 g/mol. The van der Waals surface area contributed by atoms with Crippen LogP contribution in [-0.2, 0) is 0 Å². The summed E-state index contributed by atoms with van der Waals surface area (Å²) in [6.07, 6.45) is 6.70. The molecule has 0 amide bonds. The van der Waals surface area contributed by atoms with Gasteiger partial charge in [-0.3, -0.25) is 0 Å². The summed E-state index contributed by atoms with van der Waals surface area (Å²) in [5, 5.41) is 3.40. The van der Waals surface area contributed by atoms with Gasteiger partial charge in [0.1, 0.15) is 11.6 Å². The topological polar surface area (TPSA) is 12.0 Å². The highest BCUT2D eigenvalue weighted by molar-refractivity contribution is 5.24. The first-order valence-electron chi connectivity index (χ1n) is 8.34. The van der Waals surface area contributed by atoms with Gasteiger partial charge in [-0.25, -0.2) is 8.78 Å². The summed E-state index contributed by atoms with van der Waals surface area (Å²) < 4.78 is 28.4. The minimum atomic E-state index is -0.415. The quantitative estimate of drug-likeness (QED) is 0.758. The van der Waals surface area contributed by atoms with E-state index in [4.69, 9.17) is 0 Å². The number of rotatable bonds is 6. The Labute approximate surface area is 127 Å². The minimum Gasteiger partial charge on any atom is -0.310 e. The van der Waals surface area contributed by atoms with Crippen LogP contribution in [0.2, 0.25) is 0 Å². The standard InChI is InChI=1S/C18H27F2N/c1-3-11-21-18(14-8-5-7-13(4-2)12-14)17-15(19)9-6-10-16(17)20/h6,9-10,13-14,18,21H,3-5,7-8,11-12H2,1-2H3. The van der Waals surface area contributed by atoms with E-state index in [1.807, 2.05) is 0 Å². The van der Waals surface area contributed by atoms with Gasteiger partial charge in [-0.05, 0) is 49.8 Å². The predicted molar refractivity (Wildman–Crippen MR) is 83.1 cm³/mol. The Morgan fingerprint density at radius 3 is 2.52 bits per heavy atom. The molecule has 0 saturated heterocycles. The van der Waals surface area contributed by atoms with Gasteiger partial charge in [0.15, 0.2) is 0 Å². The number of hydrogen-bond acceptors (Lipinski definition) is 1. The molecule has 1 aromatic rings. The van der Waals surface area contributed by atoms with Crippen LogP contribution in [0.5, 0.6) is 0 Å². The summed E-state index contributed by atoms with van der Waals surface area (Å²) in [6.45, 7) is 5.09. The van der Waals surface area contributed by atoms with Crippen molar-refractivity contribution >= 4 is 0 Å². The molecule has 1 aliphatic rings. The minimum absolute atomic E-state index is 0.194. The molecule has 1 saturated carbocycles. The van der Waals surface area contributed by atoms with E-state index in [0.717, 1.165) is 32.2 Å². The van der Waals surface area contributed by atoms with E-state index in [2.05, 4.69) is 19.2 Å². The molecule has 1 fully saturated rings. The molecule has 3 unspecified atom stereocenters. The monoisotopic (exact) mass is 295 g/mol. The Balaban J connectivity index is 2.25. The molecule has 1 aromatic carbocycles. The molecule has 0 bridgehead atoms. The first-order valence-corrected chi connectivity index (χ1v) is 8.34. The van der Waals surface area contributed by atoms with E-state index in [0.29, 0.717) is 11.8 Å². The van der Waals surface area contributed by atoms with Gasteiger partial charge in [0, 0.05) is 11.6 Å². The number of hydrogen-bond donors (Lipinski definition) is 1. The Hall–Kier alpha value is -0.960. The SMILES string of the molecule is CCCNC(c1c(F)cccc1F)C1CCCC(CC)C1. The van der Waals surface area contributed by atoms with E-state index >= 15 is 0 Å². The summed E-state index contributed by atoms with van der Waals surface area (Å²) in [6, 6.07) is 4.00. The predicted octanol–water partition coefficient (Wildman–Crippen LogP) is 5.22. The van der Waals surface area contributed by atoms with Crippen LogP contribution in [0.3, 0.4) is 0 Å². The molecule has 0 aromatic heterocycles. The van der Waals surface area contributed by atoms with Crippen molar-refractivity contribution in [2.75, 3.05) is 6.54 Å². The molecule has 1 aliphatic carbocycles. The van der Waals surface area contributed by atoms with Crippen LogP contribution in [0.4, 0.5) is 8.78 Å². The van der Waals surface area contributed by atoms with E-state index in [1.165, 1.54) is 31.0 Å². The molecule has 118 valence electrons. The first kappa shape index (κ1) is 16.4. The molecule has 1 N–H and O–H groups in total. The molecule has 0 spiro atoms. The van der Waals surface area contributed by atoms with Crippen LogP contribution < -0.4 is 5.32 Å². The lowest BCUT2D eigenvalue weighted by Crippen LogP contribution is -2.33. The number of nitrogens with one attached hydrogen (secondary N) is 1. The van der Waals surface area contributed by atoms with E-state index in [1.54, 1.807) is 0 Å². The number of halogens is 2. The Morgan fingerprint density at radius 1 is 1.19 bits per heavy atom. The van der Waals surface area contributed by atoms with E-state index < -0.39 is 11.6 Å². The Bertz CT molecular complexity index is 427. The summed E-state index contributed by atoms with van der Waals surface area (Å²) in [7, 11) is 0. The van der Waals surface area contributed by atoms with Gasteiger partial charge in [0.05, 0.1) is 0 Å². The second-order valence-electron chi connectivity index (χ2n) is 6.27. The Morgan fingerprint density at radius 2 is 1.90 bits per heavy atom. The maximum absolute atomic E-state index is 14.2. The third-order valence-corrected chi connectivity index (χ3v) is 4.80. The van der Waals surface area contributed by atoms with Crippen molar-refractivity contribution in [3.8, 4) is 0 Å². The summed E-state index contributed by atoms with van der Waals surface area (Å²) >= 11 is 0. The van der Waals surface area contributed by atoms with Gasteiger partial charge in [0.25, 0.3) is 0 Å². The summed E-state index contributed by atoms with van der Waals surface area (Å²) in [4.78, 5) is 0. The zero-order chi connectivity index (χ0) is 15.2. The van der Waals surface area contributed by atoms with Crippen molar-refractivity contribution in [2.24, 2.45) is 11.8 Å². The third-order valence-electron chi connectivity index (χ3n) is 4.80. The van der Waals surface area contributed by atoms with Gasteiger partial charge < -0.3 is 5.32 Å². The fourth-order valence-corrected chi connectivity index (χ4v) is 3.62. The summed E-state index contributed by atoms with van der Waals surface area (Å²) in [5.41, 5.74) is 0.243. The largest absolute Gasteiger partial charge is 0.310 e. The molecule has 0 heterocycles. The van der Waals surface area contributed by atoms with Gasteiger partial charge in [-0.2, -0.15) is 0 Å². The van der Waals surface area contributed by atoms with Crippen molar-refractivity contribution in [2.45, 2.75) is 58.4 Å². The normalized spacial score (nSPS) is 24.0. The van der Waals surface area contributed by atoms with Crippen LogP contribution in [0.15, 0.2) is 18.2 Å². The van der Waals surface area contributed by atoms with Crippen LogP contribution in [0.25, 0.3) is 0 Å². The molecule has 21 heavy (non-hydrogen) atoms. The highest BCUT2D eigenvalue weighted by Gasteiger charge is 2.31. The molecule has 3 atom stereocenters. The fourth-order valence-electron chi connectivity index (χ4n) is 3.62. The van der Waals surface area contributed by atoms with Crippen molar-refractivity contribution < 1.29 is 8.78 Å². The van der Waals surface area contributed by atoms with Crippen LogP contribution in [0, 0.1) is 23.5 Å². The molecule has 2 rings (SSSR count). The third kappa shape index (κ3) is 4.03. The van der Waals surface area contributed by atoms with E-state index in [9.17, 15) is 8.78 Å². The van der Waals surface area contributed by atoms with E-state index in [-0.39, 0.29) is 11.6 Å². The fraction of sp³-hybridized carbons (Fsp3) is 0.667. The lowest BCUT2D eigenvalue weighted by atomic mass is 9.75. The van der Waals surface area contributed by atoms with Crippen molar-refractivity contribution in [3.63, 3.8) is 0 Å². The first-order chi connectivity index (χ1) is 10.2. The molecule has 1 nitrogen and oxygen atoms in total. The van der Waals surface area contributed by atoms with Crippen LogP contribution >= 0.6 is 0 Å². The molecule has 0 aliphatic heterocycles. The molecule has 3 heteroatoms. The van der Waals surface area contributed by atoms with Crippen molar-refractivity contribution in [1.82, 2.24) is 5.32 Å². The van der Waals surface area contributed by atoms with Gasteiger partial charge in [-0.15, -0.1) is 0 Å². The molecular formula is C18H27F2N. The smallest absolute Gasteiger partial charge is 0.130 e.